The molecule has 18 heavy (non-hydrogen) atoms. The van der Waals surface area contributed by atoms with E-state index >= 15 is 0 Å². The standard InChI is InChI=1S/C15H16O3/c1-9-4-3-6-15(2)7-5-10-11(8-16)14(17)18-13(10)12(9)15/h4,8H,3,5-7H2,1-2H3/t15-/m1/s1. The Kier molecular flexibility index (Phi) is 2.34. The minimum absolute atomic E-state index is 0.0935. The van der Waals surface area contributed by atoms with Crippen LogP contribution in [0.2, 0.25) is 0 Å². The van der Waals surface area contributed by atoms with Gasteiger partial charge in [-0.25, -0.2) is 4.79 Å². The lowest BCUT2D eigenvalue weighted by molar-refractivity contribution is -0.134. The summed E-state index contributed by atoms with van der Waals surface area (Å²) in [6.07, 6.45) is 6.75. The number of allylic oxidation sites excluding steroid dienone is 4. The minimum atomic E-state index is -0.481. The number of rotatable bonds is 1. The number of carbonyl (C=O) groups is 2. The number of ether oxygens (including phenoxy) is 1. The van der Waals surface area contributed by atoms with Crippen LogP contribution in [0, 0.1) is 5.41 Å². The van der Waals surface area contributed by atoms with Crippen molar-refractivity contribution in [3.8, 4) is 0 Å². The van der Waals surface area contributed by atoms with Crippen LogP contribution in [-0.2, 0) is 14.3 Å². The molecule has 3 rings (SSSR count). The van der Waals surface area contributed by atoms with Gasteiger partial charge < -0.3 is 4.74 Å². The van der Waals surface area contributed by atoms with E-state index in [4.69, 9.17) is 4.74 Å². The van der Waals surface area contributed by atoms with Crippen molar-refractivity contribution in [3.05, 3.63) is 34.1 Å². The molecule has 94 valence electrons. The van der Waals surface area contributed by atoms with Crippen LogP contribution < -0.4 is 0 Å². The molecule has 0 aromatic rings. The van der Waals surface area contributed by atoms with Crippen LogP contribution in [0.25, 0.3) is 0 Å². The van der Waals surface area contributed by atoms with Gasteiger partial charge in [0.25, 0.3) is 0 Å². The number of hydrogen-bond donors (Lipinski definition) is 0. The number of fused-ring (bicyclic) bond motifs is 2. The highest BCUT2D eigenvalue weighted by atomic mass is 16.5. The molecule has 0 saturated heterocycles. The van der Waals surface area contributed by atoms with Crippen molar-refractivity contribution < 1.29 is 14.3 Å². The molecular formula is C15H16O3. The molecule has 3 nitrogen and oxygen atoms in total. The molecular weight excluding hydrogens is 228 g/mol. The summed E-state index contributed by atoms with van der Waals surface area (Å²) in [5.74, 6) is 0.189. The monoisotopic (exact) mass is 244 g/mol. The van der Waals surface area contributed by atoms with Crippen molar-refractivity contribution in [1.82, 2.24) is 0 Å². The molecule has 0 saturated carbocycles. The Bertz CT molecular complexity index is 548. The minimum Gasteiger partial charge on any atom is -0.422 e. The van der Waals surface area contributed by atoms with Crippen LogP contribution in [0.5, 0.6) is 0 Å². The van der Waals surface area contributed by atoms with E-state index in [1.54, 1.807) is 0 Å². The maximum absolute atomic E-state index is 11.7. The Morgan fingerprint density at radius 2 is 2.17 bits per heavy atom. The first kappa shape index (κ1) is 11.5. The Hall–Kier alpha value is -1.64. The largest absolute Gasteiger partial charge is 0.422 e. The van der Waals surface area contributed by atoms with Gasteiger partial charge in [-0.1, -0.05) is 13.0 Å². The van der Waals surface area contributed by atoms with Gasteiger partial charge in [-0.05, 0) is 43.6 Å². The molecule has 0 bridgehead atoms. The molecule has 3 aliphatic rings. The normalized spacial score (nSPS) is 30.8. The van der Waals surface area contributed by atoms with Crippen LogP contribution in [0.4, 0.5) is 0 Å². The maximum atomic E-state index is 11.7. The van der Waals surface area contributed by atoms with Gasteiger partial charge in [0.15, 0.2) is 6.29 Å². The van der Waals surface area contributed by atoms with Crippen molar-refractivity contribution in [3.63, 3.8) is 0 Å². The van der Waals surface area contributed by atoms with Gasteiger partial charge in [0.2, 0.25) is 0 Å². The van der Waals surface area contributed by atoms with Gasteiger partial charge >= 0.3 is 5.97 Å². The SMILES string of the molecule is CC1=CCC[C@]2(C)CCC3=C(C=O)C(=O)OC3=C12. The number of carbonyl (C=O) groups excluding carboxylic acids is 2. The average Bonchev–Trinajstić information content (AvgIpc) is 2.63. The number of aldehydes is 1. The molecule has 0 spiro atoms. The lowest BCUT2D eigenvalue weighted by Gasteiger charge is -2.40. The third-order valence-corrected chi connectivity index (χ3v) is 4.43. The van der Waals surface area contributed by atoms with E-state index in [2.05, 4.69) is 19.9 Å². The summed E-state index contributed by atoms with van der Waals surface area (Å²) in [4.78, 5) is 22.7. The second kappa shape index (κ2) is 3.67. The highest BCUT2D eigenvalue weighted by Gasteiger charge is 2.44. The quantitative estimate of drug-likeness (QED) is 0.404. The molecule has 0 N–H and O–H groups in total. The summed E-state index contributed by atoms with van der Waals surface area (Å²) in [5.41, 5.74) is 3.46. The fourth-order valence-electron chi connectivity index (χ4n) is 3.44. The Morgan fingerprint density at radius 1 is 1.39 bits per heavy atom. The molecule has 1 atom stereocenters. The molecule has 0 unspecified atom stereocenters. The van der Waals surface area contributed by atoms with Crippen molar-refractivity contribution in [1.29, 1.82) is 0 Å². The zero-order chi connectivity index (χ0) is 12.9. The van der Waals surface area contributed by atoms with Crippen LogP contribution in [0.15, 0.2) is 34.1 Å². The smallest absolute Gasteiger partial charge is 0.347 e. The van der Waals surface area contributed by atoms with E-state index in [1.165, 1.54) is 5.57 Å². The molecule has 3 heteroatoms. The van der Waals surface area contributed by atoms with Crippen LogP contribution in [-0.4, -0.2) is 12.3 Å². The van der Waals surface area contributed by atoms with E-state index in [0.717, 1.165) is 36.8 Å². The third kappa shape index (κ3) is 1.36. The predicted molar refractivity (Wildman–Crippen MR) is 66.5 cm³/mol. The summed E-state index contributed by atoms with van der Waals surface area (Å²) >= 11 is 0. The Morgan fingerprint density at radius 3 is 2.89 bits per heavy atom. The van der Waals surface area contributed by atoms with Crippen molar-refractivity contribution in [2.75, 3.05) is 0 Å². The molecule has 1 aliphatic heterocycles. The molecule has 0 fully saturated rings. The van der Waals surface area contributed by atoms with Gasteiger partial charge in [0, 0.05) is 11.1 Å². The van der Waals surface area contributed by atoms with E-state index in [1.807, 2.05) is 0 Å². The predicted octanol–water partition coefficient (Wildman–Crippen LogP) is 2.83. The highest BCUT2D eigenvalue weighted by molar-refractivity contribution is 6.12. The van der Waals surface area contributed by atoms with Gasteiger partial charge in [0.1, 0.15) is 11.3 Å². The molecule has 0 aromatic carbocycles. The summed E-state index contributed by atoms with van der Waals surface area (Å²) in [6, 6.07) is 0. The molecule has 0 radical (unpaired) electrons. The van der Waals surface area contributed by atoms with Crippen LogP contribution in [0.1, 0.15) is 39.5 Å². The highest BCUT2D eigenvalue weighted by Crippen LogP contribution is 2.53. The summed E-state index contributed by atoms with van der Waals surface area (Å²) in [6.45, 7) is 4.30. The second-order valence-corrected chi connectivity index (χ2v) is 5.59. The maximum Gasteiger partial charge on any atom is 0.347 e. The third-order valence-electron chi connectivity index (χ3n) is 4.43. The van der Waals surface area contributed by atoms with Crippen LogP contribution in [0.3, 0.4) is 0 Å². The number of hydrogen-bond acceptors (Lipinski definition) is 3. The average molecular weight is 244 g/mol. The van der Waals surface area contributed by atoms with Gasteiger partial charge in [-0.3, -0.25) is 4.79 Å². The second-order valence-electron chi connectivity index (χ2n) is 5.59. The fourth-order valence-corrected chi connectivity index (χ4v) is 3.44. The van der Waals surface area contributed by atoms with Gasteiger partial charge in [-0.2, -0.15) is 0 Å². The van der Waals surface area contributed by atoms with E-state index in [0.29, 0.717) is 12.0 Å². The van der Waals surface area contributed by atoms with Gasteiger partial charge in [0.05, 0.1) is 0 Å². The lowest BCUT2D eigenvalue weighted by atomic mass is 9.64. The van der Waals surface area contributed by atoms with Crippen LogP contribution >= 0.6 is 0 Å². The molecule has 0 amide bonds. The zero-order valence-corrected chi connectivity index (χ0v) is 10.7. The Balaban J connectivity index is 2.26. The van der Waals surface area contributed by atoms with E-state index < -0.39 is 5.97 Å². The lowest BCUT2D eigenvalue weighted by Crippen LogP contribution is -2.28. The summed E-state index contributed by atoms with van der Waals surface area (Å²) < 4.78 is 5.37. The fraction of sp³-hybridized carbons (Fsp3) is 0.467. The first-order valence-electron chi connectivity index (χ1n) is 6.39. The first-order chi connectivity index (χ1) is 8.57. The van der Waals surface area contributed by atoms with E-state index in [9.17, 15) is 9.59 Å². The van der Waals surface area contributed by atoms with Crippen molar-refractivity contribution >= 4 is 12.3 Å². The summed E-state index contributed by atoms with van der Waals surface area (Å²) in [5, 5.41) is 0. The van der Waals surface area contributed by atoms with E-state index in [-0.39, 0.29) is 11.0 Å². The number of esters is 1. The summed E-state index contributed by atoms with van der Waals surface area (Å²) in [7, 11) is 0. The first-order valence-corrected chi connectivity index (χ1v) is 6.39. The topological polar surface area (TPSA) is 43.4 Å². The Labute approximate surface area is 106 Å². The molecule has 1 heterocycles. The zero-order valence-electron chi connectivity index (χ0n) is 10.7. The van der Waals surface area contributed by atoms with Crippen molar-refractivity contribution in [2.45, 2.75) is 39.5 Å². The molecule has 2 aliphatic carbocycles. The molecule has 0 aromatic heterocycles. The van der Waals surface area contributed by atoms with Crippen molar-refractivity contribution in [2.24, 2.45) is 5.41 Å². The van der Waals surface area contributed by atoms with Gasteiger partial charge in [-0.15, -0.1) is 0 Å².